The highest BCUT2D eigenvalue weighted by Gasteiger charge is 2.21. The van der Waals surface area contributed by atoms with Crippen LogP contribution in [0.3, 0.4) is 0 Å². The normalized spacial score (nSPS) is 20.4. The number of anilines is 1. The van der Waals surface area contributed by atoms with Crippen molar-refractivity contribution in [2.75, 3.05) is 12.4 Å². The standard InChI is InChI=1S/C11H13FN2O/c1-13-9-5-3-7-2-4-8(12)6-10(7)14-11(9)15/h2,4,6,9,13H,3,5H2,1H3,(H,14,15)/t9-/m0/s1. The quantitative estimate of drug-likeness (QED) is 0.730. The van der Waals surface area contributed by atoms with E-state index in [0.29, 0.717) is 5.69 Å². The van der Waals surface area contributed by atoms with Gasteiger partial charge in [0.1, 0.15) is 5.82 Å². The van der Waals surface area contributed by atoms with E-state index in [1.165, 1.54) is 12.1 Å². The second-order valence-corrected chi connectivity index (χ2v) is 3.67. The summed E-state index contributed by atoms with van der Waals surface area (Å²) in [6, 6.07) is 4.32. The Labute approximate surface area is 87.7 Å². The van der Waals surface area contributed by atoms with Crippen LogP contribution in [0.4, 0.5) is 10.1 Å². The van der Waals surface area contributed by atoms with Gasteiger partial charge in [-0.05, 0) is 37.6 Å². The predicted molar refractivity (Wildman–Crippen MR) is 56.2 cm³/mol. The van der Waals surface area contributed by atoms with E-state index in [4.69, 9.17) is 0 Å². The molecule has 4 heteroatoms. The number of amides is 1. The molecule has 1 aliphatic rings. The van der Waals surface area contributed by atoms with E-state index in [1.807, 2.05) is 0 Å². The van der Waals surface area contributed by atoms with Crippen molar-refractivity contribution in [2.45, 2.75) is 18.9 Å². The molecule has 15 heavy (non-hydrogen) atoms. The van der Waals surface area contributed by atoms with Crippen molar-refractivity contribution >= 4 is 11.6 Å². The van der Waals surface area contributed by atoms with Gasteiger partial charge in [0.05, 0.1) is 6.04 Å². The fourth-order valence-electron chi connectivity index (χ4n) is 1.81. The molecule has 1 aromatic carbocycles. The van der Waals surface area contributed by atoms with E-state index >= 15 is 0 Å². The number of likely N-dealkylation sites (N-methyl/N-ethyl adjacent to an activating group) is 1. The number of benzene rings is 1. The fraction of sp³-hybridized carbons (Fsp3) is 0.364. The molecular weight excluding hydrogens is 195 g/mol. The summed E-state index contributed by atoms with van der Waals surface area (Å²) in [6.07, 6.45) is 1.51. The Bertz CT molecular complexity index is 392. The molecule has 0 saturated carbocycles. The molecule has 0 fully saturated rings. The maximum atomic E-state index is 13.0. The second-order valence-electron chi connectivity index (χ2n) is 3.67. The van der Waals surface area contributed by atoms with Crippen LogP contribution in [-0.2, 0) is 11.2 Å². The minimum absolute atomic E-state index is 0.0955. The molecule has 0 saturated heterocycles. The monoisotopic (exact) mass is 208 g/mol. The lowest BCUT2D eigenvalue weighted by Crippen LogP contribution is -2.37. The first-order chi connectivity index (χ1) is 7.20. The predicted octanol–water partition coefficient (Wildman–Crippen LogP) is 1.30. The summed E-state index contributed by atoms with van der Waals surface area (Å²) in [5.41, 5.74) is 1.58. The van der Waals surface area contributed by atoms with Crippen LogP contribution in [0.1, 0.15) is 12.0 Å². The minimum Gasteiger partial charge on any atom is -0.324 e. The summed E-state index contributed by atoms with van der Waals surface area (Å²) in [5.74, 6) is -0.418. The summed E-state index contributed by atoms with van der Waals surface area (Å²) in [6.45, 7) is 0. The SMILES string of the molecule is CN[C@H]1CCc2ccc(F)cc2NC1=O. The van der Waals surface area contributed by atoms with Gasteiger partial charge in [-0.25, -0.2) is 4.39 Å². The molecule has 0 spiro atoms. The molecule has 0 unspecified atom stereocenters. The maximum Gasteiger partial charge on any atom is 0.241 e. The number of fused-ring (bicyclic) bond motifs is 1. The average Bonchev–Trinajstić information content (AvgIpc) is 2.35. The van der Waals surface area contributed by atoms with Gasteiger partial charge < -0.3 is 10.6 Å². The van der Waals surface area contributed by atoms with Gasteiger partial charge in [0.2, 0.25) is 5.91 Å². The molecule has 0 aliphatic carbocycles. The Morgan fingerprint density at radius 2 is 2.33 bits per heavy atom. The zero-order chi connectivity index (χ0) is 10.8. The summed E-state index contributed by atoms with van der Waals surface area (Å²) in [5, 5.41) is 5.66. The first-order valence-electron chi connectivity index (χ1n) is 4.97. The van der Waals surface area contributed by atoms with Crippen LogP contribution in [0.5, 0.6) is 0 Å². The van der Waals surface area contributed by atoms with Gasteiger partial charge in [0.25, 0.3) is 0 Å². The summed E-state index contributed by atoms with van der Waals surface area (Å²) in [7, 11) is 1.75. The Kier molecular flexibility index (Phi) is 2.68. The van der Waals surface area contributed by atoms with Crippen molar-refractivity contribution in [2.24, 2.45) is 0 Å². The molecule has 0 radical (unpaired) electrons. The van der Waals surface area contributed by atoms with Gasteiger partial charge in [-0.15, -0.1) is 0 Å². The van der Waals surface area contributed by atoms with Gasteiger partial charge in [0, 0.05) is 5.69 Å². The molecule has 1 aliphatic heterocycles. The second kappa shape index (κ2) is 3.98. The van der Waals surface area contributed by atoms with Crippen LogP contribution in [0.25, 0.3) is 0 Å². The van der Waals surface area contributed by atoms with Crippen LogP contribution >= 0.6 is 0 Å². The van der Waals surface area contributed by atoms with E-state index in [9.17, 15) is 9.18 Å². The van der Waals surface area contributed by atoms with Crippen molar-refractivity contribution < 1.29 is 9.18 Å². The average molecular weight is 208 g/mol. The lowest BCUT2D eigenvalue weighted by atomic mass is 10.1. The molecule has 1 heterocycles. The number of hydrogen-bond acceptors (Lipinski definition) is 2. The number of carbonyl (C=O) groups is 1. The molecule has 1 amide bonds. The molecule has 2 rings (SSSR count). The van der Waals surface area contributed by atoms with Crippen molar-refractivity contribution in [3.8, 4) is 0 Å². The number of halogens is 1. The van der Waals surface area contributed by atoms with Crippen molar-refractivity contribution in [3.05, 3.63) is 29.6 Å². The van der Waals surface area contributed by atoms with Crippen LogP contribution in [0.2, 0.25) is 0 Å². The van der Waals surface area contributed by atoms with E-state index in [1.54, 1.807) is 13.1 Å². The third-order valence-corrected chi connectivity index (χ3v) is 2.70. The van der Waals surface area contributed by atoms with Crippen LogP contribution < -0.4 is 10.6 Å². The van der Waals surface area contributed by atoms with Gasteiger partial charge >= 0.3 is 0 Å². The van der Waals surface area contributed by atoms with Crippen LogP contribution in [0, 0.1) is 5.82 Å². The number of nitrogens with one attached hydrogen (secondary N) is 2. The molecule has 0 aromatic heterocycles. The highest BCUT2D eigenvalue weighted by molar-refractivity contribution is 5.96. The van der Waals surface area contributed by atoms with Gasteiger partial charge in [-0.3, -0.25) is 4.79 Å². The summed E-state index contributed by atoms with van der Waals surface area (Å²) in [4.78, 5) is 11.6. The summed E-state index contributed by atoms with van der Waals surface area (Å²) < 4.78 is 13.0. The topological polar surface area (TPSA) is 41.1 Å². The Hall–Kier alpha value is -1.42. The van der Waals surface area contributed by atoms with Crippen molar-refractivity contribution in [3.63, 3.8) is 0 Å². The van der Waals surface area contributed by atoms with Crippen LogP contribution in [0.15, 0.2) is 18.2 Å². The fourth-order valence-corrected chi connectivity index (χ4v) is 1.81. The highest BCUT2D eigenvalue weighted by atomic mass is 19.1. The Morgan fingerprint density at radius 1 is 1.53 bits per heavy atom. The number of rotatable bonds is 1. The minimum atomic E-state index is -0.322. The van der Waals surface area contributed by atoms with E-state index in [-0.39, 0.29) is 17.8 Å². The summed E-state index contributed by atoms with van der Waals surface area (Å²) >= 11 is 0. The van der Waals surface area contributed by atoms with E-state index < -0.39 is 0 Å². The number of aryl methyl sites for hydroxylation is 1. The third-order valence-electron chi connectivity index (χ3n) is 2.70. The first-order valence-corrected chi connectivity index (χ1v) is 4.97. The number of hydrogen-bond donors (Lipinski definition) is 2. The molecule has 1 atom stereocenters. The maximum absolute atomic E-state index is 13.0. The van der Waals surface area contributed by atoms with Crippen molar-refractivity contribution in [1.29, 1.82) is 0 Å². The molecular formula is C11H13FN2O. The largest absolute Gasteiger partial charge is 0.324 e. The molecule has 80 valence electrons. The van der Waals surface area contributed by atoms with Gasteiger partial charge in [-0.1, -0.05) is 6.07 Å². The lowest BCUT2D eigenvalue weighted by Gasteiger charge is -2.10. The molecule has 1 aromatic rings. The molecule has 0 bridgehead atoms. The van der Waals surface area contributed by atoms with Crippen molar-refractivity contribution in [1.82, 2.24) is 5.32 Å². The first kappa shape index (κ1) is 10.1. The Balaban J connectivity index is 2.31. The van der Waals surface area contributed by atoms with Gasteiger partial charge in [0.15, 0.2) is 0 Å². The molecule has 2 N–H and O–H groups in total. The number of carbonyl (C=O) groups excluding carboxylic acids is 1. The van der Waals surface area contributed by atoms with Gasteiger partial charge in [-0.2, -0.15) is 0 Å². The third kappa shape index (κ3) is 1.99. The van der Waals surface area contributed by atoms with E-state index in [0.717, 1.165) is 18.4 Å². The Morgan fingerprint density at radius 3 is 3.07 bits per heavy atom. The lowest BCUT2D eigenvalue weighted by molar-refractivity contribution is -0.118. The molecule has 3 nitrogen and oxygen atoms in total. The highest BCUT2D eigenvalue weighted by Crippen LogP contribution is 2.22. The van der Waals surface area contributed by atoms with E-state index in [2.05, 4.69) is 10.6 Å². The zero-order valence-electron chi connectivity index (χ0n) is 8.51. The smallest absolute Gasteiger partial charge is 0.241 e. The zero-order valence-corrected chi connectivity index (χ0v) is 8.51. The van der Waals surface area contributed by atoms with Crippen LogP contribution in [-0.4, -0.2) is 19.0 Å².